The Kier molecular flexibility index (Phi) is 5.16. The number of aliphatic hydroxyl groups excluding tert-OH is 1. The van der Waals surface area contributed by atoms with E-state index in [4.69, 9.17) is 0 Å². The Bertz CT molecular complexity index is 347. The van der Waals surface area contributed by atoms with Crippen molar-refractivity contribution in [2.45, 2.75) is 27.2 Å². The Labute approximate surface area is 105 Å². The summed E-state index contributed by atoms with van der Waals surface area (Å²) in [6, 6.07) is 8.66. The quantitative estimate of drug-likeness (QED) is 0.819. The second-order valence-electron chi connectivity index (χ2n) is 5.80. The summed E-state index contributed by atoms with van der Waals surface area (Å²) in [6.07, 6.45) is 1.07. The van der Waals surface area contributed by atoms with E-state index in [1.807, 2.05) is 0 Å². The van der Waals surface area contributed by atoms with Crippen molar-refractivity contribution in [1.29, 1.82) is 0 Å². The van der Waals surface area contributed by atoms with E-state index in [9.17, 15) is 5.11 Å². The number of nitrogens with zero attached hydrogens (tertiary/aromatic N) is 1. The lowest BCUT2D eigenvalue weighted by atomic mass is 9.94. The van der Waals surface area contributed by atoms with Crippen LogP contribution in [0, 0.1) is 12.3 Å². The molecule has 0 bridgehead atoms. The molecule has 0 heterocycles. The number of aliphatic hydroxyl groups is 1. The molecule has 0 aromatic heterocycles. The molecule has 1 N–H and O–H groups in total. The molecule has 0 fully saturated rings. The summed E-state index contributed by atoms with van der Waals surface area (Å²) in [5.74, 6) is 0. The predicted molar refractivity (Wildman–Crippen MR) is 73.2 cm³/mol. The zero-order chi connectivity index (χ0) is 12.9. The van der Waals surface area contributed by atoms with Gasteiger partial charge in [-0.05, 0) is 26.0 Å². The molecule has 0 aliphatic heterocycles. The number of likely N-dealkylation sites (N-methyl/N-ethyl adjacent to an activating group) is 1. The van der Waals surface area contributed by atoms with Crippen LogP contribution in [0.1, 0.15) is 25.0 Å². The van der Waals surface area contributed by atoms with Crippen molar-refractivity contribution in [3.63, 3.8) is 0 Å². The van der Waals surface area contributed by atoms with Gasteiger partial charge in [0.2, 0.25) is 0 Å². The SMILES string of the molecule is Cc1cccc(CCN(C)CC(C)(C)CO)c1. The van der Waals surface area contributed by atoms with Crippen LogP contribution in [0.5, 0.6) is 0 Å². The molecular formula is C15H25NO. The molecule has 2 heteroatoms. The normalized spacial score (nSPS) is 12.1. The molecule has 0 atom stereocenters. The Balaban J connectivity index is 2.40. The molecule has 0 radical (unpaired) electrons. The van der Waals surface area contributed by atoms with Crippen LogP contribution in [0.25, 0.3) is 0 Å². The number of hydrogen-bond acceptors (Lipinski definition) is 2. The van der Waals surface area contributed by atoms with Gasteiger partial charge in [0.25, 0.3) is 0 Å². The van der Waals surface area contributed by atoms with Gasteiger partial charge in [-0.3, -0.25) is 0 Å². The summed E-state index contributed by atoms with van der Waals surface area (Å²) in [4.78, 5) is 2.29. The molecule has 2 nitrogen and oxygen atoms in total. The smallest absolute Gasteiger partial charge is 0.0494 e. The Morgan fingerprint density at radius 3 is 2.59 bits per heavy atom. The first-order valence-corrected chi connectivity index (χ1v) is 6.28. The minimum absolute atomic E-state index is 0.0125. The Morgan fingerprint density at radius 2 is 2.00 bits per heavy atom. The molecule has 1 rings (SSSR count). The van der Waals surface area contributed by atoms with Crippen molar-refractivity contribution in [2.24, 2.45) is 5.41 Å². The van der Waals surface area contributed by atoms with Gasteiger partial charge in [0.05, 0.1) is 0 Å². The van der Waals surface area contributed by atoms with Gasteiger partial charge < -0.3 is 10.0 Å². The molecular weight excluding hydrogens is 210 g/mol. The highest BCUT2D eigenvalue weighted by Crippen LogP contribution is 2.15. The van der Waals surface area contributed by atoms with Gasteiger partial charge in [-0.2, -0.15) is 0 Å². The summed E-state index contributed by atoms with van der Waals surface area (Å²) < 4.78 is 0. The van der Waals surface area contributed by atoms with Crippen LogP contribution in [0.3, 0.4) is 0 Å². The van der Waals surface area contributed by atoms with Gasteiger partial charge >= 0.3 is 0 Å². The van der Waals surface area contributed by atoms with E-state index in [0.717, 1.165) is 19.5 Å². The maximum atomic E-state index is 9.24. The molecule has 0 unspecified atom stereocenters. The van der Waals surface area contributed by atoms with Crippen LogP contribution in [0.2, 0.25) is 0 Å². The van der Waals surface area contributed by atoms with E-state index in [1.165, 1.54) is 11.1 Å². The van der Waals surface area contributed by atoms with Gasteiger partial charge in [0, 0.05) is 25.1 Å². The van der Waals surface area contributed by atoms with E-state index < -0.39 is 0 Å². The number of rotatable bonds is 6. The third-order valence-corrected chi connectivity index (χ3v) is 2.99. The van der Waals surface area contributed by atoms with Gasteiger partial charge in [0.15, 0.2) is 0 Å². The van der Waals surface area contributed by atoms with Crippen LogP contribution in [0.15, 0.2) is 24.3 Å². The minimum Gasteiger partial charge on any atom is -0.396 e. The summed E-state index contributed by atoms with van der Waals surface area (Å²) in [7, 11) is 2.12. The lowest BCUT2D eigenvalue weighted by molar-refractivity contribution is 0.116. The van der Waals surface area contributed by atoms with E-state index >= 15 is 0 Å². The second kappa shape index (κ2) is 6.18. The van der Waals surface area contributed by atoms with Gasteiger partial charge in [-0.15, -0.1) is 0 Å². The molecule has 0 saturated heterocycles. The van der Waals surface area contributed by atoms with Gasteiger partial charge in [-0.1, -0.05) is 43.7 Å². The van der Waals surface area contributed by atoms with Crippen LogP contribution < -0.4 is 0 Å². The fraction of sp³-hybridized carbons (Fsp3) is 0.600. The van der Waals surface area contributed by atoms with Crippen molar-refractivity contribution >= 4 is 0 Å². The van der Waals surface area contributed by atoms with Crippen LogP contribution >= 0.6 is 0 Å². The fourth-order valence-corrected chi connectivity index (χ4v) is 2.05. The standard InChI is InChI=1S/C15H25NO/c1-13-6-5-7-14(10-13)8-9-16(4)11-15(2,3)12-17/h5-7,10,17H,8-9,11-12H2,1-4H3. The molecule has 1 aromatic carbocycles. The van der Waals surface area contributed by atoms with Crippen molar-refractivity contribution in [3.05, 3.63) is 35.4 Å². The number of aryl methyl sites for hydroxylation is 1. The van der Waals surface area contributed by atoms with Crippen LogP contribution in [-0.2, 0) is 6.42 Å². The molecule has 17 heavy (non-hydrogen) atoms. The monoisotopic (exact) mass is 235 g/mol. The summed E-state index contributed by atoms with van der Waals surface area (Å²) in [5.41, 5.74) is 2.70. The number of hydrogen-bond donors (Lipinski definition) is 1. The average Bonchev–Trinajstić information content (AvgIpc) is 2.26. The van der Waals surface area contributed by atoms with E-state index in [1.54, 1.807) is 0 Å². The van der Waals surface area contributed by atoms with Crippen molar-refractivity contribution in [2.75, 3.05) is 26.7 Å². The lowest BCUT2D eigenvalue weighted by Crippen LogP contribution is -2.35. The third-order valence-electron chi connectivity index (χ3n) is 2.99. The van der Waals surface area contributed by atoms with Crippen molar-refractivity contribution in [1.82, 2.24) is 4.90 Å². The van der Waals surface area contributed by atoms with Crippen molar-refractivity contribution in [3.8, 4) is 0 Å². The van der Waals surface area contributed by atoms with Gasteiger partial charge in [0.1, 0.15) is 0 Å². The Morgan fingerprint density at radius 1 is 1.29 bits per heavy atom. The molecule has 0 amide bonds. The van der Waals surface area contributed by atoms with Crippen LogP contribution in [0.4, 0.5) is 0 Å². The maximum absolute atomic E-state index is 9.24. The largest absolute Gasteiger partial charge is 0.396 e. The predicted octanol–water partition coefficient (Wildman–Crippen LogP) is 2.49. The molecule has 0 aliphatic rings. The highest BCUT2D eigenvalue weighted by Gasteiger charge is 2.18. The fourth-order valence-electron chi connectivity index (χ4n) is 2.05. The Hall–Kier alpha value is -0.860. The molecule has 0 saturated carbocycles. The first-order valence-electron chi connectivity index (χ1n) is 6.28. The number of benzene rings is 1. The van der Waals surface area contributed by atoms with Gasteiger partial charge in [-0.25, -0.2) is 0 Å². The minimum atomic E-state index is -0.0125. The third kappa shape index (κ3) is 5.33. The van der Waals surface area contributed by atoms with Crippen LogP contribution in [-0.4, -0.2) is 36.8 Å². The highest BCUT2D eigenvalue weighted by atomic mass is 16.3. The topological polar surface area (TPSA) is 23.5 Å². The first kappa shape index (κ1) is 14.2. The average molecular weight is 235 g/mol. The zero-order valence-electron chi connectivity index (χ0n) is 11.5. The van der Waals surface area contributed by atoms with E-state index in [0.29, 0.717) is 0 Å². The lowest BCUT2D eigenvalue weighted by Gasteiger charge is -2.28. The van der Waals surface area contributed by atoms with E-state index in [-0.39, 0.29) is 12.0 Å². The van der Waals surface area contributed by atoms with Crippen molar-refractivity contribution < 1.29 is 5.11 Å². The summed E-state index contributed by atoms with van der Waals surface area (Å²) in [6.45, 7) is 8.51. The molecule has 0 aliphatic carbocycles. The summed E-state index contributed by atoms with van der Waals surface area (Å²) in [5, 5.41) is 9.24. The zero-order valence-corrected chi connectivity index (χ0v) is 11.5. The second-order valence-corrected chi connectivity index (χ2v) is 5.80. The maximum Gasteiger partial charge on any atom is 0.0494 e. The first-order chi connectivity index (χ1) is 7.93. The molecule has 1 aromatic rings. The van der Waals surface area contributed by atoms with E-state index in [2.05, 4.69) is 57.0 Å². The molecule has 96 valence electrons. The molecule has 0 spiro atoms. The highest BCUT2D eigenvalue weighted by molar-refractivity contribution is 5.22. The summed E-state index contributed by atoms with van der Waals surface area (Å²) >= 11 is 0.